The van der Waals surface area contributed by atoms with E-state index in [9.17, 15) is 0 Å². The van der Waals surface area contributed by atoms with Crippen LogP contribution in [0, 0.1) is 35.8 Å². The predicted octanol–water partition coefficient (Wildman–Crippen LogP) is 9.75. The van der Waals surface area contributed by atoms with Gasteiger partial charge < -0.3 is 19.2 Å². The Kier molecular flexibility index (Phi) is 6.95. The Labute approximate surface area is 261 Å². The minimum atomic E-state index is -0.227. The van der Waals surface area contributed by atoms with Gasteiger partial charge in [0.25, 0.3) is 0 Å². The zero-order valence-electron chi connectivity index (χ0n) is 22.4. The summed E-state index contributed by atoms with van der Waals surface area (Å²) in [7, 11) is 3.22. The van der Waals surface area contributed by atoms with Crippen molar-refractivity contribution in [3.05, 3.63) is 58.2 Å². The first-order valence-electron chi connectivity index (χ1n) is 12.1. The van der Waals surface area contributed by atoms with Crippen molar-refractivity contribution in [2.75, 3.05) is 14.2 Å². The van der Waals surface area contributed by atoms with Crippen LogP contribution >= 0.6 is 56.7 Å². The molecule has 1 aliphatic carbocycles. The van der Waals surface area contributed by atoms with Gasteiger partial charge in [0, 0.05) is 32.0 Å². The standard InChI is InChI=1S/C29H16N6O2S5/c1-29(2)13-7-16(25-14(36-5)8-21(41-25)34-19(11-30)32-3)38-24(13)28-23(29)27-18(40-28)10-17(39-27)26-15(37-6)9-22(42-26)35-20(12-31)33-4/h7-10H,1-2,5-6H3. The highest BCUT2D eigenvalue weighted by Crippen LogP contribution is 2.62. The van der Waals surface area contributed by atoms with E-state index in [1.54, 1.807) is 60.4 Å². The van der Waals surface area contributed by atoms with Crippen LogP contribution in [0.2, 0.25) is 0 Å². The number of rotatable bonds is 6. The van der Waals surface area contributed by atoms with Crippen molar-refractivity contribution < 1.29 is 9.47 Å². The van der Waals surface area contributed by atoms with E-state index < -0.39 is 0 Å². The van der Waals surface area contributed by atoms with E-state index in [1.807, 2.05) is 12.1 Å². The number of ether oxygens (including phenoxy) is 2. The van der Waals surface area contributed by atoms with E-state index >= 15 is 0 Å². The molecule has 0 N–H and O–H groups in total. The second-order valence-electron chi connectivity index (χ2n) is 9.37. The number of hydrogen-bond acceptors (Lipinski definition) is 11. The molecule has 8 nitrogen and oxygen atoms in total. The molecule has 0 spiro atoms. The van der Waals surface area contributed by atoms with Gasteiger partial charge in [-0.15, -0.1) is 34.0 Å². The number of amidine groups is 2. The van der Waals surface area contributed by atoms with Crippen molar-refractivity contribution in [2.24, 2.45) is 9.98 Å². The lowest BCUT2D eigenvalue weighted by atomic mass is 9.84. The number of fused-ring (bicyclic) bond motifs is 5. The molecule has 0 saturated carbocycles. The van der Waals surface area contributed by atoms with Crippen LogP contribution in [0.15, 0.2) is 34.3 Å². The highest BCUT2D eigenvalue weighted by atomic mass is 32.1. The topological polar surface area (TPSA) is 99.5 Å². The third-order valence-electron chi connectivity index (χ3n) is 6.70. The number of methoxy groups -OCH3 is 2. The predicted molar refractivity (Wildman–Crippen MR) is 173 cm³/mol. The zero-order chi connectivity index (χ0) is 29.8. The first-order chi connectivity index (χ1) is 20.3. The van der Waals surface area contributed by atoms with Crippen molar-refractivity contribution in [1.29, 1.82) is 10.5 Å². The van der Waals surface area contributed by atoms with Crippen LogP contribution in [-0.2, 0) is 5.41 Å². The molecular weight excluding hydrogens is 625 g/mol. The first-order valence-corrected chi connectivity index (χ1v) is 16.1. The first kappa shape index (κ1) is 27.8. The van der Waals surface area contributed by atoms with Gasteiger partial charge in [-0.25, -0.2) is 10.5 Å². The number of nitrogens with zero attached hydrogens (tertiary/aromatic N) is 6. The number of hydrogen-bond donors (Lipinski definition) is 0. The molecule has 5 aromatic rings. The zero-order valence-corrected chi connectivity index (χ0v) is 26.4. The molecule has 0 aliphatic heterocycles. The summed E-state index contributed by atoms with van der Waals surface area (Å²) in [6, 6.07) is 11.6. The molecule has 42 heavy (non-hydrogen) atoms. The number of nitriles is 2. The van der Waals surface area contributed by atoms with Crippen LogP contribution in [-0.4, -0.2) is 25.9 Å². The molecule has 0 bridgehead atoms. The molecule has 0 unspecified atom stereocenters. The molecular formula is C29H16N6O2S5. The van der Waals surface area contributed by atoms with E-state index in [0.29, 0.717) is 21.5 Å². The molecule has 5 heterocycles. The molecule has 6 rings (SSSR count). The molecule has 1 aliphatic rings. The largest absolute Gasteiger partial charge is 0.495 e. The Morgan fingerprint density at radius 2 is 1.31 bits per heavy atom. The summed E-state index contributed by atoms with van der Waals surface area (Å²) in [4.78, 5) is 21.2. The van der Waals surface area contributed by atoms with Crippen molar-refractivity contribution in [2.45, 2.75) is 19.3 Å². The summed E-state index contributed by atoms with van der Waals surface area (Å²) < 4.78 is 13.7. The second kappa shape index (κ2) is 10.5. The summed E-state index contributed by atoms with van der Waals surface area (Å²) in [6.07, 6.45) is 0. The Morgan fingerprint density at radius 3 is 1.81 bits per heavy atom. The smallest absolute Gasteiger partial charge is 0.350 e. The fourth-order valence-electron chi connectivity index (χ4n) is 4.84. The number of aliphatic imine (C=N–C) groups is 2. The molecule has 0 radical (unpaired) electrons. The van der Waals surface area contributed by atoms with Crippen LogP contribution in [0.1, 0.15) is 25.0 Å². The van der Waals surface area contributed by atoms with E-state index in [4.69, 9.17) is 33.1 Å². The van der Waals surface area contributed by atoms with E-state index in [1.165, 1.54) is 53.0 Å². The van der Waals surface area contributed by atoms with Gasteiger partial charge in [-0.05, 0) is 23.3 Å². The Balaban J connectivity index is 1.42. The maximum Gasteiger partial charge on any atom is 0.350 e. The second-order valence-corrected chi connectivity index (χ2v) is 14.6. The highest BCUT2D eigenvalue weighted by Gasteiger charge is 2.42. The number of thiophene rings is 5. The lowest BCUT2D eigenvalue weighted by Crippen LogP contribution is -2.13. The fourth-order valence-corrected chi connectivity index (χ4v) is 11.5. The maximum absolute atomic E-state index is 9.12. The average Bonchev–Trinajstić information content (AvgIpc) is 3.81. The van der Waals surface area contributed by atoms with Gasteiger partial charge in [-0.2, -0.15) is 0 Å². The van der Waals surface area contributed by atoms with Crippen molar-refractivity contribution in [3.63, 3.8) is 0 Å². The van der Waals surface area contributed by atoms with Gasteiger partial charge >= 0.3 is 11.7 Å². The molecule has 0 atom stereocenters. The van der Waals surface area contributed by atoms with Gasteiger partial charge in [0.1, 0.15) is 23.6 Å². The molecule has 0 saturated heterocycles. The monoisotopic (exact) mass is 640 g/mol. The van der Waals surface area contributed by atoms with Crippen molar-refractivity contribution in [3.8, 4) is 52.9 Å². The maximum atomic E-state index is 9.12. The minimum absolute atomic E-state index is 0.206. The Bertz CT molecular complexity index is 2120. The van der Waals surface area contributed by atoms with Gasteiger partial charge in [0.2, 0.25) is 10.0 Å². The SMILES string of the molecule is [C-]#[N+]C(C#N)=Nc1cc(OC)c(-c2cc3c(s2)-c2sc4cc(-c5sc(N=C(C#N)[N+]#[C-])cc5OC)sc4c2C3(C)C)s1. The van der Waals surface area contributed by atoms with Gasteiger partial charge in [0.15, 0.2) is 0 Å². The lowest BCUT2D eigenvalue weighted by molar-refractivity contribution is 0.418. The van der Waals surface area contributed by atoms with E-state index in [0.717, 1.165) is 19.5 Å². The average molecular weight is 641 g/mol. The van der Waals surface area contributed by atoms with Gasteiger partial charge in [-0.3, -0.25) is 0 Å². The highest BCUT2D eigenvalue weighted by molar-refractivity contribution is 7.35. The lowest BCUT2D eigenvalue weighted by Gasteiger charge is -2.19. The Hall–Kier alpha value is -4.34. The van der Waals surface area contributed by atoms with Crippen molar-refractivity contribution in [1.82, 2.24) is 0 Å². The molecule has 0 aromatic carbocycles. The molecule has 204 valence electrons. The van der Waals surface area contributed by atoms with Crippen LogP contribution in [0.25, 0.3) is 48.4 Å². The summed E-state index contributed by atoms with van der Waals surface area (Å²) in [6.45, 7) is 18.8. The molecule has 13 heteroatoms. The van der Waals surface area contributed by atoms with Crippen molar-refractivity contribution >= 4 is 87.8 Å². The fraction of sp³-hybridized carbons (Fsp3) is 0.172. The minimum Gasteiger partial charge on any atom is -0.495 e. The van der Waals surface area contributed by atoms with Gasteiger partial charge in [-0.1, -0.05) is 59.7 Å². The van der Waals surface area contributed by atoms with Crippen LogP contribution in [0.5, 0.6) is 11.5 Å². The summed E-state index contributed by atoms with van der Waals surface area (Å²) in [5.41, 5.74) is 2.35. The Morgan fingerprint density at radius 1 is 0.762 bits per heavy atom. The molecule has 0 fully saturated rings. The van der Waals surface area contributed by atoms with Crippen LogP contribution < -0.4 is 9.47 Å². The quantitative estimate of drug-likeness (QED) is 0.105. The molecule has 5 aromatic heterocycles. The molecule has 0 amide bonds. The summed E-state index contributed by atoms with van der Waals surface area (Å²) in [5.74, 6) is 0.925. The third-order valence-corrected chi connectivity index (χ3v) is 12.8. The van der Waals surface area contributed by atoms with Crippen LogP contribution in [0.4, 0.5) is 10.0 Å². The normalized spacial score (nSPS) is 13.6. The summed E-state index contributed by atoms with van der Waals surface area (Å²) >= 11 is 8.03. The van der Waals surface area contributed by atoms with Crippen LogP contribution in [0.3, 0.4) is 0 Å². The van der Waals surface area contributed by atoms with Gasteiger partial charge in [0.05, 0.1) is 38.4 Å². The summed E-state index contributed by atoms with van der Waals surface area (Å²) in [5, 5.41) is 19.3. The van der Waals surface area contributed by atoms with E-state index in [2.05, 4.69) is 45.7 Å². The third kappa shape index (κ3) is 4.31. The van der Waals surface area contributed by atoms with E-state index in [-0.39, 0.29) is 17.1 Å².